The van der Waals surface area contributed by atoms with Crippen molar-refractivity contribution < 1.29 is 23.0 Å². The predicted octanol–water partition coefficient (Wildman–Crippen LogP) is 2.91. The van der Waals surface area contributed by atoms with Crippen LogP contribution in [0.25, 0.3) is 0 Å². The molecule has 21 heavy (non-hydrogen) atoms. The molecule has 6 heteroatoms. The molecule has 0 spiro atoms. The van der Waals surface area contributed by atoms with Crippen LogP contribution in [0.5, 0.6) is 5.75 Å². The Morgan fingerprint density at radius 1 is 1.19 bits per heavy atom. The minimum Gasteiger partial charge on any atom is -0.494 e. The van der Waals surface area contributed by atoms with Gasteiger partial charge in [0.05, 0.1) is 12.7 Å². The molecule has 0 aliphatic carbocycles. The second-order valence-electron chi connectivity index (χ2n) is 4.28. The minimum atomic E-state index is -0.705. The first-order valence-electron chi connectivity index (χ1n) is 6.06. The molecule has 0 atom stereocenters. The number of benzene rings is 2. The summed E-state index contributed by atoms with van der Waals surface area (Å²) in [7, 11) is 1.36. The molecule has 0 saturated carbocycles. The SMILES string of the molecule is COc1ccc(COC(=O)c2ccc(F)cc2N)cc1F. The van der Waals surface area contributed by atoms with Crippen LogP contribution in [0.3, 0.4) is 0 Å². The Morgan fingerprint density at radius 3 is 2.57 bits per heavy atom. The molecule has 2 N–H and O–H groups in total. The van der Waals surface area contributed by atoms with Crippen molar-refractivity contribution in [2.24, 2.45) is 0 Å². The number of hydrogen-bond donors (Lipinski definition) is 1. The predicted molar refractivity (Wildman–Crippen MR) is 72.9 cm³/mol. The highest BCUT2D eigenvalue weighted by Gasteiger charge is 2.12. The van der Waals surface area contributed by atoms with E-state index in [0.29, 0.717) is 5.56 Å². The Hall–Kier alpha value is -2.63. The van der Waals surface area contributed by atoms with Crippen molar-refractivity contribution in [1.29, 1.82) is 0 Å². The van der Waals surface area contributed by atoms with Gasteiger partial charge < -0.3 is 15.2 Å². The number of esters is 1. The second kappa shape index (κ2) is 6.21. The fraction of sp³-hybridized carbons (Fsp3) is 0.133. The number of hydrogen-bond acceptors (Lipinski definition) is 4. The van der Waals surface area contributed by atoms with E-state index in [-0.39, 0.29) is 23.6 Å². The van der Waals surface area contributed by atoms with Crippen molar-refractivity contribution in [2.75, 3.05) is 12.8 Å². The first-order valence-corrected chi connectivity index (χ1v) is 6.06. The average molecular weight is 293 g/mol. The van der Waals surface area contributed by atoms with Crippen molar-refractivity contribution in [3.8, 4) is 5.75 Å². The molecule has 2 aromatic carbocycles. The first kappa shape index (κ1) is 14.8. The van der Waals surface area contributed by atoms with Crippen LogP contribution in [0.15, 0.2) is 36.4 Å². The van der Waals surface area contributed by atoms with Gasteiger partial charge in [-0.3, -0.25) is 0 Å². The summed E-state index contributed by atoms with van der Waals surface area (Å²) in [5, 5.41) is 0. The molecule has 0 bridgehead atoms. The number of ether oxygens (including phenoxy) is 2. The highest BCUT2D eigenvalue weighted by molar-refractivity contribution is 5.94. The number of carbonyl (C=O) groups excluding carboxylic acids is 1. The van der Waals surface area contributed by atoms with Crippen LogP contribution in [0, 0.1) is 11.6 Å². The third-order valence-corrected chi connectivity index (χ3v) is 2.82. The summed E-state index contributed by atoms with van der Waals surface area (Å²) in [5.74, 6) is -1.69. The van der Waals surface area contributed by atoms with Crippen LogP contribution in [0.4, 0.5) is 14.5 Å². The molecule has 0 aromatic heterocycles. The average Bonchev–Trinajstić information content (AvgIpc) is 2.45. The number of rotatable bonds is 4. The quantitative estimate of drug-likeness (QED) is 0.695. The van der Waals surface area contributed by atoms with Crippen molar-refractivity contribution in [3.05, 3.63) is 59.2 Å². The van der Waals surface area contributed by atoms with E-state index in [1.165, 1.54) is 25.3 Å². The van der Waals surface area contributed by atoms with E-state index >= 15 is 0 Å². The van der Waals surface area contributed by atoms with Gasteiger partial charge >= 0.3 is 5.97 Å². The summed E-state index contributed by atoms with van der Waals surface area (Å²) in [6.45, 7) is -0.128. The number of halogens is 2. The third-order valence-electron chi connectivity index (χ3n) is 2.82. The lowest BCUT2D eigenvalue weighted by molar-refractivity contribution is 0.0473. The largest absolute Gasteiger partial charge is 0.494 e. The first-order chi connectivity index (χ1) is 10.0. The van der Waals surface area contributed by atoms with Crippen LogP contribution >= 0.6 is 0 Å². The molecule has 2 aromatic rings. The van der Waals surface area contributed by atoms with E-state index in [1.54, 1.807) is 6.07 Å². The fourth-order valence-corrected chi connectivity index (χ4v) is 1.75. The van der Waals surface area contributed by atoms with E-state index in [4.69, 9.17) is 15.2 Å². The molecular weight excluding hydrogens is 280 g/mol. The van der Waals surface area contributed by atoms with Crippen molar-refractivity contribution >= 4 is 11.7 Å². The molecule has 4 nitrogen and oxygen atoms in total. The van der Waals surface area contributed by atoms with Gasteiger partial charge in [0.2, 0.25) is 0 Å². The summed E-state index contributed by atoms with van der Waals surface area (Å²) in [4.78, 5) is 11.8. The molecule has 0 aliphatic rings. The summed E-state index contributed by atoms with van der Waals surface area (Å²) in [6.07, 6.45) is 0. The molecule has 0 amide bonds. The summed E-state index contributed by atoms with van der Waals surface area (Å²) in [5.41, 5.74) is 6.04. The highest BCUT2D eigenvalue weighted by atomic mass is 19.1. The molecule has 0 radical (unpaired) electrons. The molecule has 0 aliphatic heterocycles. The van der Waals surface area contributed by atoms with Gasteiger partial charge in [-0.05, 0) is 35.9 Å². The minimum absolute atomic E-state index is 0.0130. The maximum absolute atomic E-state index is 13.5. The van der Waals surface area contributed by atoms with Gasteiger partial charge in [0.15, 0.2) is 11.6 Å². The molecule has 0 saturated heterocycles. The van der Waals surface area contributed by atoms with E-state index in [0.717, 1.165) is 12.1 Å². The van der Waals surface area contributed by atoms with Crippen LogP contribution in [0.2, 0.25) is 0 Å². The Labute approximate surface area is 120 Å². The van der Waals surface area contributed by atoms with Gasteiger partial charge in [-0.25, -0.2) is 13.6 Å². The summed E-state index contributed by atoms with van der Waals surface area (Å²) >= 11 is 0. The Balaban J connectivity index is 2.05. The van der Waals surface area contributed by atoms with Crippen molar-refractivity contribution in [1.82, 2.24) is 0 Å². The highest BCUT2D eigenvalue weighted by Crippen LogP contribution is 2.19. The van der Waals surface area contributed by atoms with Gasteiger partial charge in [0.1, 0.15) is 12.4 Å². The zero-order chi connectivity index (χ0) is 15.4. The van der Waals surface area contributed by atoms with E-state index in [9.17, 15) is 13.6 Å². The Morgan fingerprint density at radius 2 is 1.95 bits per heavy atom. The second-order valence-corrected chi connectivity index (χ2v) is 4.28. The zero-order valence-corrected chi connectivity index (χ0v) is 11.2. The maximum atomic E-state index is 13.5. The molecule has 0 unspecified atom stereocenters. The summed E-state index contributed by atoms with van der Waals surface area (Å²) < 4.78 is 36.2. The molecular formula is C15H13F2NO3. The smallest absolute Gasteiger partial charge is 0.340 e. The molecule has 110 valence electrons. The summed E-state index contributed by atoms with van der Waals surface area (Å²) in [6, 6.07) is 7.60. The normalized spacial score (nSPS) is 10.2. The van der Waals surface area contributed by atoms with Gasteiger partial charge in [-0.1, -0.05) is 6.07 Å². The lowest BCUT2D eigenvalue weighted by atomic mass is 10.2. The number of methoxy groups -OCH3 is 1. The number of carbonyl (C=O) groups is 1. The van der Waals surface area contributed by atoms with Crippen LogP contribution in [-0.2, 0) is 11.3 Å². The van der Waals surface area contributed by atoms with Gasteiger partial charge in [-0.15, -0.1) is 0 Å². The number of nitrogens with two attached hydrogens (primary N) is 1. The monoisotopic (exact) mass is 293 g/mol. The van der Waals surface area contributed by atoms with Crippen LogP contribution < -0.4 is 10.5 Å². The molecule has 2 rings (SSSR count). The lowest BCUT2D eigenvalue weighted by Gasteiger charge is -2.08. The van der Waals surface area contributed by atoms with E-state index in [1.807, 2.05) is 0 Å². The van der Waals surface area contributed by atoms with Crippen molar-refractivity contribution in [3.63, 3.8) is 0 Å². The number of nitrogen functional groups attached to an aromatic ring is 1. The Bertz CT molecular complexity index is 674. The third kappa shape index (κ3) is 3.47. The Kier molecular flexibility index (Phi) is 4.37. The molecule has 0 fully saturated rings. The van der Waals surface area contributed by atoms with Gasteiger partial charge in [0, 0.05) is 5.69 Å². The fourth-order valence-electron chi connectivity index (χ4n) is 1.75. The van der Waals surface area contributed by atoms with Gasteiger partial charge in [0.25, 0.3) is 0 Å². The van der Waals surface area contributed by atoms with Gasteiger partial charge in [-0.2, -0.15) is 0 Å². The van der Waals surface area contributed by atoms with Crippen LogP contribution in [-0.4, -0.2) is 13.1 Å². The van der Waals surface area contributed by atoms with Crippen molar-refractivity contribution in [2.45, 2.75) is 6.61 Å². The zero-order valence-electron chi connectivity index (χ0n) is 11.2. The number of anilines is 1. The maximum Gasteiger partial charge on any atom is 0.340 e. The standard InChI is InChI=1S/C15H13F2NO3/c1-20-14-5-2-9(6-12(14)17)8-21-15(19)11-4-3-10(16)7-13(11)18/h2-7H,8,18H2,1H3. The van der Waals surface area contributed by atoms with E-state index < -0.39 is 17.6 Å². The molecule has 0 heterocycles. The van der Waals surface area contributed by atoms with Crippen LogP contribution in [0.1, 0.15) is 15.9 Å². The lowest BCUT2D eigenvalue weighted by Crippen LogP contribution is -2.08. The van der Waals surface area contributed by atoms with E-state index in [2.05, 4.69) is 0 Å². The topological polar surface area (TPSA) is 61.5 Å².